The maximum absolute atomic E-state index is 11.4. The number of hydrogen-bond donors (Lipinski definition) is 3. The highest BCUT2D eigenvalue weighted by Crippen LogP contribution is 2.02. The summed E-state index contributed by atoms with van der Waals surface area (Å²) < 4.78 is 5.14. The molecule has 0 spiro atoms. The van der Waals surface area contributed by atoms with Gasteiger partial charge in [-0.15, -0.1) is 0 Å². The number of hydrogen-bond acceptors (Lipinski definition) is 4. The van der Waals surface area contributed by atoms with Crippen LogP contribution in [0.25, 0.3) is 0 Å². The Morgan fingerprint density at radius 3 is 3.33 bits per heavy atom. The molecule has 7 nitrogen and oxygen atoms in total. The normalized spacial score (nSPS) is 20.1. The van der Waals surface area contributed by atoms with Crippen molar-refractivity contribution in [2.75, 3.05) is 13.2 Å². The molecule has 0 radical (unpaired) electrons. The predicted molar refractivity (Wildman–Crippen MR) is 51.0 cm³/mol. The van der Waals surface area contributed by atoms with Crippen LogP contribution in [0.1, 0.15) is 12.2 Å². The first-order chi connectivity index (χ1) is 7.34. The van der Waals surface area contributed by atoms with Gasteiger partial charge in [-0.05, 0) is 6.42 Å². The van der Waals surface area contributed by atoms with Gasteiger partial charge in [-0.25, -0.2) is 9.78 Å². The zero-order chi connectivity index (χ0) is 10.5. The number of nitrogens with zero attached hydrogens (tertiary/aromatic N) is 2. The molecule has 1 aliphatic heterocycles. The molecule has 2 rings (SSSR count). The Labute approximate surface area is 86.6 Å². The summed E-state index contributed by atoms with van der Waals surface area (Å²) in [6, 6.07) is -0.0818. The summed E-state index contributed by atoms with van der Waals surface area (Å²) in [5.41, 5.74) is 0. The molecule has 1 aromatic rings. The second kappa shape index (κ2) is 4.74. The first-order valence-electron chi connectivity index (χ1n) is 4.81. The maximum Gasteiger partial charge on any atom is 0.315 e. The Morgan fingerprint density at radius 2 is 2.67 bits per heavy atom. The third-order valence-corrected chi connectivity index (χ3v) is 2.15. The molecule has 0 aliphatic carbocycles. The van der Waals surface area contributed by atoms with Gasteiger partial charge in [0.05, 0.1) is 19.2 Å². The number of carbonyl (C=O) groups excluding carboxylic acids is 1. The second-order valence-corrected chi connectivity index (χ2v) is 3.32. The summed E-state index contributed by atoms with van der Waals surface area (Å²) in [4.78, 5) is 15.2. The molecule has 1 atom stereocenters. The largest absolute Gasteiger partial charge is 0.379 e. The number of nitrogens with one attached hydrogen (secondary N) is 3. The SMILES string of the molecule is O=C(NCc1ncn[nH]1)NC1CCOC1. The van der Waals surface area contributed by atoms with Crippen LogP contribution in [0.5, 0.6) is 0 Å². The smallest absolute Gasteiger partial charge is 0.315 e. The zero-order valence-electron chi connectivity index (χ0n) is 8.19. The number of rotatable bonds is 3. The third-order valence-electron chi connectivity index (χ3n) is 2.15. The van der Waals surface area contributed by atoms with Gasteiger partial charge in [0.2, 0.25) is 0 Å². The van der Waals surface area contributed by atoms with Crippen molar-refractivity contribution in [2.24, 2.45) is 0 Å². The van der Waals surface area contributed by atoms with E-state index in [2.05, 4.69) is 25.8 Å². The van der Waals surface area contributed by atoms with Crippen molar-refractivity contribution >= 4 is 6.03 Å². The van der Waals surface area contributed by atoms with Crippen LogP contribution in [0.15, 0.2) is 6.33 Å². The molecule has 1 saturated heterocycles. The summed E-state index contributed by atoms with van der Waals surface area (Å²) in [6.07, 6.45) is 2.27. The molecule has 0 bridgehead atoms. The van der Waals surface area contributed by atoms with Gasteiger partial charge in [0.15, 0.2) is 0 Å². The lowest BCUT2D eigenvalue weighted by Gasteiger charge is -2.10. The van der Waals surface area contributed by atoms with Gasteiger partial charge in [0.25, 0.3) is 0 Å². The van der Waals surface area contributed by atoms with E-state index in [4.69, 9.17) is 4.74 Å². The minimum absolute atomic E-state index is 0.125. The van der Waals surface area contributed by atoms with Crippen LogP contribution in [0.4, 0.5) is 4.79 Å². The fraction of sp³-hybridized carbons (Fsp3) is 0.625. The number of amides is 2. The molecule has 3 N–H and O–H groups in total. The number of carbonyl (C=O) groups is 1. The summed E-state index contributed by atoms with van der Waals surface area (Å²) >= 11 is 0. The van der Waals surface area contributed by atoms with E-state index in [0.29, 0.717) is 25.6 Å². The lowest BCUT2D eigenvalue weighted by molar-refractivity contribution is 0.188. The molecule has 1 fully saturated rings. The average Bonchev–Trinajstić information content (AvgIpc) is 2.86. The number of aromatic amines is 1. The van der Waals surface area contributed by atoms with Crippen molar-refractivity contribution in [1.29, 1.82) is 0 Å². The van der Waals surface area contributed by atoms with E-state index in [-0.39, 0.29) is 12.1 Å². The van der Waals surface area contributed by atoms with Crippen LogP contribution in [-0.2, 0) is 11.3 Å². The molecule has 82 valence electrons. The molecular weight excluding hydrogens is 198 g/mol. The number of urea groups is 1. The first-order valence-corrected chi connectivity index (χ1v) is 4.81. The van der Waals surface area contributed by atoms with Crippen LogP contribution >= 0.6 is 0 Å². The van der Waals surface area contributed by atoms with E-state index in [9.17, 15) is 4.79 Å². The monoisotopic (exact) mass is 211 g/mol. The van der Waals surface area contributed by atoms with Gasteiger partial charge in [0, 0.05) is 6.61 Å². The summed E-state index contributed by atoms with van der Waals surface area (Å²) in [7, 11) is 0. The molecule has 1 aliphatic rings. The Balaban J connectivity index is 1.68. The average molecular weight is 211 g/mol. The van der Waals surface area contributed by atoms with Crippen LogP contribution in [-0.4, -0.2) is 40.5 Å². The maximum atomic E-state index is 11.4. The summed E-state index contributed by atoms with van der Waals surface area (Å²) in [5.74, 6) is 0.632. The predicted octanol–water partition coefficient (Wildman–Crippen LogP) is -0.607. The molecule has 15 heavy (non-hydrogen) atoms. The molecule has 1 aromatic heterocycles. The first kappa shape index (κ1) is 9.91. The zero-order valence-corrected chi connectivity index (χ0v) is 8.19. The quantitative estimate of drug-likeness (QED) is 0.622. The van der Waals surface area contributed by atoms with Gasteiger partial charge in [-0.2, -0.15) is 5.10 Å². The number of H-pyrrole nitrogens is 1. The van der Waals surface area contributed by atoms with E-state index in [0.717, 1.165) is 6.42 Å². The molecule has 2 amide bonds. The van der Waals surface area contributed by atoms with Crippen LogP contribution in [0, 0.1) is 0 Å². The summed E-state index contributed by atoms with van der Waals surface area (Å²) in [6.45, 7) is 1.65. The molecule has 0 saturated carbocycles. The highest BCUT2D eigenvalue weighted by Gasteiger charge is 2.17. The van der Waals surface area contributed by atoms with E-state index in [1.54, 1.807) is 0 Å². The Kier molecular flexibility index (Phi) is 3.13. The van der Waals surface area contributed by atoms with E-state index in [1.807, 2.05) is 0 Å². The van der Waals surface area contributed by atoms with Gasteiger partial charge >= 0.3 is 6.03 Å². The minimum Gasteiger partial charge on any atom is -0.379 e. The van der Waals surface area contributed by atoms with Crippen molar-refractivity contribution in [1.82, 2.24) is 25.8 Å². The standard InChI is InChI=1S/C8H13N5O2/c14-8(12-6-1-2-15-4-6)9-3-7-10-5-11-13-7/h5-6H,1-4H2,(H2,9,12,14)(H,10,11,13). The van der Waals surface area contributed by atoms with Gasteiger partial charge in [-0.1, -0.05) is 0 Å². The molecular formula is C8H13N5O2. The fourth-order valence-electron chi connectivity index (χ4n) is 1.36. The molecule has 7 heteroatoms. The van der Waals surface area contributed by atoms with Gasteiger partial charge in [0.1, 0.15) is 12.2 Å². The van der Waals surface area contributed by atoms with Crippen molar-refractivity contribution < 1.29 is 9.53 Å². The van der Waals surface area contributed by atoms with Crippen LogP contribution in [0.3, 0.4) is 0 Å². The Bertz CT molecular complexity index is 307. The van der Waals surface area contributed by atoms with Crippen molar-refractivity contribution in [3.63, 3.8) is 0 Å². The van der Waals surface area contributed by atoms with Gasteiger partial charge in [-0.3, -0.25) is 5.10 Å². The summed E-state index contributed by atoms with van der Waals surface area (Å²) in [5, 5.41) is 11.8. The second-order valence-electron chi connectivity index (χ2n) is 3.32. The molecule has 0 aromatic carbocycles. The van der Waals surface area contributed by atoms with Crippen LogP contribution < -0.4 is 10.6 Å². The molecule has 2 heterocycles. The number of aromatic nitrogens is 3. The topological polar surface area (TPSA) is 91.9 Å². The Hall–Kier alpha value is -1.63. The van der Waals surface area contributed by atoms with Gasteiger partial charge < -0.3 is 15.4 Å². The van der Waals surface area contributed by atoms with Crippen LogP contribution in [0.2, 0.25) is 0 Å². The minimum atomic E-state index is -0.207. The van der Waals surface area contributed by atoms with Crippen molar-refractivity contribution in [2.45, 2.75) is 19.0 Å². The van der Waals surface area contributed by atoms with Crippen molar-refractivity contribution in [3.05, 3.63) is 12.2 Å². The number of ether oxygens (including phenoxy) is 1. The third kappa shape index (κ3) is 2.91. The van der Waals surface area contributed by atoms with E-state index < -0.39 is 0 Å². The van der Waals surface area contributed by atoms with E-state index >= 15 is 0 Å². The molecule has 1 unspecified atom stereocenters. The van der Waals surface area contributed by atoms with Crippen molar-refractivity contribution in [3.8, 4) is 0 Å². The highest BCUT2D eigenvalue weighted by molar-refractivity contribution is 5.74. The fourth-order valence-corrected chi connectivity index (χ4v) is 1.36. The Morgan fingerprint density at radius 1 is 1.73 bits per heavy atom. The lowest BCUT2D eigenvalue weighted by Crippen LogP contribution is -2.42. The lowest BCUT2D eigenvalue weighted by atomic mass is 10.3. The van der Waals surface area contributed by atoms with E-state index in [1.165, 1.54) is 6.33 Å². The highest BCUT2D eigenvalue weighted by atomic mass is 16.5.